The molecule has 47 heavy (non-hydrogen) atoms. The van der Waals surface area contributed by atoms with E-state index in [2.05, 4.69) is 23.7 Å². The van der Waals surface area contributed by atoms with Crippen LogP contribution in [-0.2, 0) is 23.0 Å². The third-order valence-corrected chi connectivity index (χ3v) is 8.58. The third kappa shape index (κ3) is 8.61. The number of carbonyl (C=O) groups excluding carboxylic acids is 2. The van der Waals surface area contributed by atoms with Crippen molar-refractivity contribution < 1.29 is 35.9 Å². The minimum Gasteiger partial charge on any atom is -0.409 e. The number of anilines is 1. The van der Waals surface area contributed by atoms with Crippen molar-refractivity contribution >= 4 is 38.9 Å². The lowest BCUT2D eigenvalue weighted by molar-refractivity contribution is -0.0446. The first kappa shape index (κ1) is 35.3. The lowest BCUT2D eigenvalue weighted by atomic mass is 10.0. The Morgan fingerprint density at radius 2 is 1.66 bits per heavy atom. The smallest absolute Gasteiger partial charge is 0.409 e. The van der Waals surface area contributed by atoms with Gasteiger partial charge in [-0.2, -0.15) is 21.6 Å². The number of unbranched alkanes of at least 4 members (excludes halogenated alkanes) is 3. The average molecular weight is 674 g/mol. The summed E-state index contributed by atoms with van der Waals surface area (Å²) in [6.07, 6.45) is 3.85. The van der Waals surface area contributed by atoms with Crippen molar-refractivity contribution in [2.24, 2.45) is 0 Å². The molecule has 10 nitrogen and oxygen atoms in total. The first-order chi connectivity index (χ1) is 22.4. The number of imidazole rings is 1. The molecule has 0 radical (unpaired) electrons. The van der Waals surface area contributed by atoms with E-state index in [1.807, 2.05) is 30.3 Å². The Morgan fingerprint density at radius 3 is 2.32 bits per heavy atom. The highest BCUT2D eigenvalue weighted by molar-refractivity contribution is 7.90. The highest BCUT2D eigenvalue weighted by Gasteiger charge is 2.47. The van der Waals surface area contributed by atoms with E-state index < -0.39 is 21.6 Å². The number of urea groups is 1. The van der Waals surface area contributed by atoms with E-state index in [9.17, 15) is 31.2 Å². The number of halogens is 3. The van der Waals surface area contributed by atoms with E-state index in [1.54, 1.807) is 36.2 Å². The largest absolute Gasteiger partial charge is 0.516 e. The molecule has 0 spiro atoms. The van der Waals surface area contributed by atoms with Crippen LogP contribution >= 0.6 is 0 Å². The number of carbonyl (C=O) groups is 2. The van der Waals surface area contributed by atoms with Crippen LogP contribution in [-0.4, -0.2) is 49.2 Å². The van der Waals surface area contributed by atoms with Crippen LogP contribution in [0.1, 0.15) is 57.3 Å². The monoisotopic (exact) mass is 673 g/mol. The fraction of sp³-hybridized carbons (Fsp3) is 0.364. The van der Waals surface area contributed by atoms with Gasteiger partial charge in [-0.15, -0.1) is 0 Å². The molecule has 0 saturated carbocycles. The van der Waals surface area contributed by atoms with Gasteiger partial charge in [-0.05, 0) is 48.2 Å². The zero-order chi connectivity index (χ0) is 34.2. The second-order valence-corrected chi connectivity index (χ2v) is 12.6. The topological polar surface area (TPSA) is 123 Å². The molecule has 3 aromatic carbocycles. The number of nitrogens with one attached hydrogen (secondary N) is 2. The summed E-state index contributed by atoms with van der Waals surface area (Å²) in [5.74, 6) is 0.795. The predicted molar refractivity (Wildman–Crippen MR) is 175 cm³/mol. The van der Waals surface area contributed by atoms with Gasteiger partial charge in [0, 0.05) is 37.8 Å². The Balaban J connectivity index is 1.62. The van der Waals surface area contributed by atoms with E-state index in [0.29, 0.717) is 24.2 Å². The van der Waals surface area contributed by atoms with Crippen LogP contribution in [0.25, 0.3) is 22.2 Å². The van der Waals surface area contributed by atoms with Crippen molar-refractivity contribution in [1.29, 1.82) is 0 Å². The fourth-order valence-corrected chi connectivity index (χ4v) is 5.47. The molecule has 1 aromatic heterocycles. The fourth-order valence-electron chi connectivity index (χ4n) is 5.09. The number of aryl methyl sites for hydroxylation is 1. The number of alkyl halides is 3. The number of amides is 3. The summed E-state index contributed by atoms with van der Waals surface area (Å²) in [5, 5.41) is 2.74. The van der Waals surface area contributed by atoms with Crippen LogP contribution in [0.2, 0.25) is 0 Å². The van der Waals surface area contributed by atoms with Crippen LogP contribution in [0, 0.1) is 0 Å². The minimum atomic E-state index is -5.92. The number of hydrogen-bond acceptors (Lipinski definition) is 6. The number of fused-ring (bicyclic) bond motifs is 1. The Bertz CT molecular complexity index is 1810. The molecule has 2 N–H and O–H groups in total. The number of rotatable bonds is 13. The molecule has 14 heteroatoms. The molecule has 252 valence electrons. The Hall–Kier alpha value is -4.59. The molecule has 0 aliphatic heterocycles. The minimum absolute atomic E-state index is 0.121. The Morgan fingerprint density at radius 1 is 0.957 bits per heavy atom. The van der Waals surface area contributed by atoms with Crippen molar-refractivity contribution in [1.82, 2.24) is 19.6 Å². The maximum atomic E-state index is 12.8. The summed E-state index contributed by atoms with van der Waals surface area (Å²) in [7, 11) is -4.31. The molecule has 0 fully saturated rings. The molecule has 0 unspecified atom stereocenters. The summed E-state index contributed by atoms with van der Waals surface area (Å²) < 4.78 is 68.7. The van der Waals surface area contributed by atoms with E-state index in [0.717, 1.165) is 71.4 Å². The van der Waals surface area contributed by atoms with E-state index in [4.69, 9.17) is 9.72 Å². The van der Waals surface area contributed by atoms with Gasteiger partial charge in [-0.1, -0.05) is 75.6 Å². The number of sulfonamides is 1. The summed E-state index contributed by atoms with van der Waals surface area (Å²) in [5.41, 5.74) is -1.30. The predicted octanol–water partition coefficient (Wildman–Crippen LogP) is 7.37. The van der Waals surface area contributed by atoms with Crippen LogP contribution in [0.5, 0.6) is 5.75 Å². The van der Waals surface area contributed by atoms with Crippen LogP contribution in [0.4, 0.5) is 28.4 Å². The number of para-hydroxylation sites is 1. The number of benzene rings is 3. The zero-order valence-corrected chi connectivity index (χ0v) is 27.2. The molecule has 0 bridgehead atoms. The lowest BCUT2D eigenvalue weighted by Gasteiger charge is -2.22. The standard InChI is InChI=1S/C33H38F3N5O5S/c1-4-6-10-20-40(31(42)37-3)25-18-19-27-28(21-25)41(30(38-27)13-7-5-2)22-23-14-16-24(17-15-23)26-11-8-9-12-29(26)46-32(43)39-47(44,45)33(34,35)36/h8-9,11-12,14-19,21H,4-7,10,13,20,22H2,1-3H3,(H,37,42)(H,39,43). The summed E-state index contributed by atoms with van der Waals surface area (Å²) in [4.78, 5) is 31.5. The summed E-state index contributed by atoms with van der Waals surface area (Å²) in [6.45, 7) is 5.29. The number of ether oxygens (including phenoxy) is 1. The molecule has 0 aliphatic carbocycles. The van der Waals surface area contributed by atoms with Crippen molar-refractivity contribution in [3.63, 3.8) is 0 Å². The Kier molecular flexibility index (Phi) is 11.5. The van der Waals surface area contributed by atoms with Gasteiger partial charge < -0.3 is 14.6 Å². The van der Waals surface area contributed by atoms with Crippen LogP contribution in [0.3, 0.4) is 0 Å². The van der Waals surface area contributed by atoms with Gasteiger partial charge in [-0.3, -0.25) is 4.90 Å². The number of nitrogens with zero attached hydrogens (tertiary/aromatic N) is 3. The molecular weight excluding hydrogens is 635 g/mol. The van der Waals surface area contributed by atoms with Crippen molar-refractivity contribution in [3.05, 3.63) is 78.1 Å². The number of hydrogen-bond donors (Lipinski definition) is 2. The van der Waals surface area contributed by atoms with Gasteiger partial charge in [0.25, 0.3) is 0 Å². The highest BCUT2D eigenvalue weighted by Crippen LogP contribution is 2.31. The third-order valence-electron chi connectivity index (χ3n) is 7.54. The second-order valence-electron chi connectivity index (χ2n) is 10.9. The average Bonchev–Trinajstić information content (AvgIpc) is 3.37. The lowest BCUT2D eigenvalue weighted by Crippen LogP contribution is -2.41. The first-order valence-corrected chi connectivity index (χ1v) is 16.8. The van der Waals surface area contributed by atoms with Gasteiger partial charge in [0.15, 0.2) is 0 Å². The van der Waals surface area contributed by atoms with E-state index in [1.165, 1.54) is 12.1 Å². The van der Waals surface area contributed by atoms with E-state index >= 15 is 0 Å². The van der Waals surface area contributed by atoms with Crippen molar-refractivity contribution in [3.8, 4) is 16.9 Å². The maximum Gasteiger partial charge on any atom is 0.516 e. The molecule has 4 rings (SSSR count). The SMILES string of the molecule is CCCCCN(C(=O)NC)c1ccc2nc(CCCC)n(Cc3ccc(-c4ccccc4OC(=O)NS(=O)(=O)C(F)(F)F)cc3)c2c1. The first-order valence-electron chi connectivity index (χ1n) is 15.4. The molecule has 4 aromatic rings. The van der Waals surface area contributed by atoms with Crippen LogP contribution in [0.15, 0.2) is 66.7 Å². The van der Waals surface area contributed by atoms with Crippen molar-refractivity contribution in [2.75, 3.05) is 18.5 Å². The van der Waals surface area contributed by atoms with Gasteiger partial charge >= 0.3 is 27.7 Å². The van der Waals surface area contributed by atoms with Gasteiger partial charge in [0.2, 0.25) is 0 Å². The molecule has 1 heterocycles. The number of aromatic nitrogens is 2. The maximum absolute atomic E-state index is 12.8. The summed E-state index contributed by atoms with van der Waals surface area (Å²) >= 11 is 0. The van der Waals surface area contributed by atoms with Gasteiger partial charge in [0.05, 0.1) is 11.0 Å². The molecule has 0 aliphatic rings. The highest BCUT2D eigenvalue weighted by atomic mass is 32.2. The van der Waals surface area contributed by atoms with Gasteiger partial charge in [-0.25, -0.2) is 19.3 Å². The van der Waals surface area contributed by atoms with Gasteiger partial charge in [0.1, 0.15) is 11.6 Å². The van der Waals surface area contributed by atoms with Crippen LogP contribution < -0.4 is 19.7 Å². The zero-order valence-electron chi connectivity index (χ0n) is 26.4. The molecular formula is C33H38F3N5O5S. The molecule has 3 amide bonds. The molecule has 0 atom stereocenters. The second kappa shape index (κ2) is 15.3. The quantitative estimate of drug-likeness (QED) is 0.143. The van der Waals surface area contributed by atoms with Crippen molar-refractivity contribution in [2.45, 2.75) is 64.4 Å². The Labute approximate surface area is 272 Å². The molecule has 0 saturated heterocycles. The normalized spacial score (nSPS) is 11.8. The summed E-state index contributed by atoms with van der Waals surface area (Å²) in [6, 6.07) is 19.1. The van der Waals surface area contributed by atoms with E-state index in [-0.39, 0.29) is 11.8 Å².